The second kappa shape index (κ2) is 1.93. The van der Waals surface area contributed by atoms with Gasteiger partial charge in [0.15, 0.2) is 0 Å². The van der Waals surface area contributed by atoms with Crippen LogP contribution in [-0.2, 0) is 4.74 Å². The van der Waals surface area contributed by atoms with Crippen LogP contribution in [-0.4, -0.2) is 30.3 Å². The van der Waals surface area contributed by atoms with Crippen molar-refractivity contribution >= 4 is 0 Å². The van der Waals surface area contributed by atoms with E-state index in [-0.39, 0.29) is 13.2 Å². The van der Waals surface area contributed by atoms with Crippen molar-refractivity contribution in [1.29, 1.82) is 0 Å². The summed E-state index contributed by atoms with van der Waals surface area (Å²) in [5, 5.41) is 8.79. The van der Waals surface area contributed by atoms with Crippen LogP contribution in [0, 0.1) is 5.41 Å². The van der Waals surface area contributed by atoms with Crippen LogP contribution in [0.2, 0.25) is 0 Å². The van der Waals surface area contributed by atoms with Crippen LogP contribution in [0.5, 0.6) is 0 Å². The summed E-state index contributed by atoms with van der Waals surface area (Å²) in [7, 11) is 0. The average molecular weight is 164 g/mol. The van der Waals surface area contributed by atoms with Crippen LogP contribution in [0.25, 0.3) is 0 Å². The van der Waals surface area contributed by atoms with E-state index in [4.69, 9.17) is 9.84 Å². The SMILES string of the molecule is OCC12CC(C(F)F)(CO1)C2. The Bertz CT molecular complexity index is 175. The quantitative estimate of drug-likeness (QED) is 0.653. The smallest absolute Gasteiger partial charge is 0.246 e. The molecule has 11 heavy (non-hydrogen) atoms. The number of hydrogen-bond acceptors (Lipinski definition) is 2. The maximum Gasteiger partial charge on any atom is 0.246 e. The number of alkyl halides is 2. The van der Waals surface area contributed by atoms with Gasteiger partial charge < -0.3 is 9.84 Å². The molecule has 1 saturated carbocycles. The van der Waals surface area contributed by atoms with Gasteiger partial charge in [-0.15, -0.1) is 0 Å². The van der Waals surface area contributed by atoms with Crippen molar-refractivity contribution in [2.45, 2.75) is 24.9 Å². The highest BCUT2D eigenvalue weighted by Crippen LogP contribution is 2.60. The summed E-state index contributed by atoms with van der Waals surface area (Å²) < 4.78 is 29.7. The molecule has 0 aromatic heterocycles. The molecule has 0 unspecified atom stereocenters. The van der Waals surface area contributed by atoms with Gasteiger partial charge >= 0.3 is 0 Å². The number of ether oxygens (including phenoxy) is 1. The van der Waals surface area contributed by atoms with Crippen LogP contribution in [0.15, 0.2) is 0 Å². The number of rotatable bonds is 2. The molecular weight excluding hydrogens is 154 g/mol. The second-order valence-electron chi connectivity index (χ2n) is 3.65. The maximum atomic E-state index is 12.3. The Morgan fingerprint density at radius 1 is 1.45 bits per heavy atom. The molecule has 2 saturated heterocycles. The lowest BCUT2D eigenvalue weighted by atomic mass is 9.63. The van der Waals surface area contributed by atoms with Crippen molar-refractivity contribution in [3.8, 4) is 0 Å². The van der Waals surface area contributed by atoms with Crippen molar-refractivity contribution in [1.82, 2.24) is 0 Å². The van der Waals surface area contributed by atoms with E-state index >= 15 is 0 Å². The molecule has 64 valence electrons. The third kappa shape index (κ3) is 0.767. The minimum Gasteiger partial charge on any atom is -0.393 e. The van der Waals surface area contributed by atoms with Gasteiger partial charge in [-0.1, -0.05) is 0 Å². The predicted octanol–water partition coefficient (Wildman–Crippen LogP) is 0.793. The molecule has 1 N–H and O–H groups in total. The van der Waals surface area contributed by atoms with E-state index in [1.54, 1.807) is 0 Å². The fourth-order valence-corrected chi connectivity index (χ4v) is 2.11. The summed E-state index contributed by atoms with van der Waals surface area (Å²) in [5.41, 5.74) is -1.51. The van der Waals surface area contributed by atoms with E-state index < -0.39 is 17.4 Å². The highest BCUT2D eigenvalue weighted by molar-refractivity contribution is 5.12. The fraction of sp³-hybridized carbons (Fsp3) is 1.00. The summed E-state index contributed by atoms with van der Waals surface area (Å²) in [6, 6.07) is 0. The number of aliphatic hydroxyl groups excluding tert-OH is 1. The first kappa shape index (κ1) is 7.43. The Morgan fingerprint density at radius 2 is 2.09 bits per heavy atom. The van der Waals surface area contributed by atoms with E-state index in [0.717, 1.165) is 0 Å². The Morgan fingerprint density at radius 3 is 2.36 bits per heavy atom. The van der Waals surface area contributed by atoms with E-state index in [9.17, 15) is 8.78 Å². The molecule has 0 aromatic rings. The van der Waals surface area contributed by atoms with Gasteiger partial charge in [0.1, 0.15) is 0 Å². The molecular formula is C7H10F2O2. The van der Waals surface area contributed by atoms with E-state index in [0.29, 0.717) is 12.8 Å². The normalized spacial score (nSPS) is 48.0. The molecule has 0 spiro atoms. The molecule has 0 aromatic carbocycles. The Labute approximate surface area is 63.2 Å². The van der Waals surface area contributed by atoms with E-state index in [1.807, 2.05) is 0 Å². The summed E-state index contributed by atoms with van der Waals surface area (Å²) in [6.07, 6.45) is -1.65. The van der Waals surface area contributed by atoms with Gasteiger partial charge in [-0.05, 0) is 12.8 Å². The lowest BCUT2D eigenvalue weighted by molar-refractivity contribution is -0.0973. The standard InChI is InChI=1S/C7H10F2O2/c8-5(9)6-1-7(2-6,3-10)11-4-6/h5,10H,1-4H2. The molecule has 2 aliphatic heterocycles. The first-order valence-corrected chi connectivity index (χ1v) is 3.66. The first-order chi connectivity index (χ1) is 5.13. The Balaban J connectivity index is 2.08. The van der Waals surface area contributed by atoms with Crippen molar-refractivity contribution < 1.29 is 18.6 Å². The average Bonchev–Trinajstić information content (AvgIpc) is 2.39. The molecule has 3 aliphatic rings. The monoisotopic (exact) mass is 164 g/mol. The van der Waals surface area contributed by atoms with Gasteiger partial charge in [0.2, 0.25) is 6.43 Å². The van der Waals surface area contributed by atoms with Gasteiger partial charge in [-0.25, -0.2) is 8.78 Å². The summed E-state index contributed by atoms with van der Waals surface area (Å²) in [6.45, 7) is -0.00725. The lowest BCUT2D eigenvalue weighted by Crippen LogP contribution is -2.50. The summed E-state index contributed by atoms with van der Waals surface area (Å²) in [4.78, 5) is 0. The zero-order chi connectivity index (χ0) is 8.11. The number of aliphatic hydroxyl groups is 1. The molecule has 3 rings (SSSR count). The molecule has 4 heteroatoms. The molecule has 1 aliphatic carbocycles. The molecule has 0 atom stereocenters. The summed E-state index contributed by atoms with van der Waals surface area (Å²) in [5.74, 6) is 0. The fourth-order valence-electron chi connectivity index (χ4n) is 2.11. The van der Waals surface area contributed by atoms with E-state index in [2.05, 4.69) is 0 Å². The molecule has 2 nitrogen and oxygen atoms in total. The zero-order valence-electron chi connectivity index (χ0n) is 6.02. The van der Waals surface area contributed by atoms with Crippen molar-refractivity contribution in [2.75, 3.05) is 13.2 Å². The predicted molar refractivity (Wildman–Crippen MR) is 33.4 cm³/mol. The zero-order valence-corrected chi connectivity index (χ0v) is 6.02. The second-order valence-corrected chi connectivity index (χ2v) is 3.65. The highest BCUT2D eigenvalue weighted by Gasteiger charge is 2.66. The topological polar surface area (TPSA) is 29.5 Å². The minimum absolute atomic E-state index is 0.116. The Hall–Kier alpha value is -0.220. The lowest BCUT2D eigenvalue weighted by Gasteiger charge is -2.42. The number of fused-ring (bicyclic) bond motifs is 1. The van der Waals surface area contributed by atoms with Gasteiger partial charge in [-0.3, -0.25) is 0 Å². The van der Waals surface area contributed by atoms with E-state index in [1.165, 1.54) is 0 Å². The third-order valence-corrected chi connectivity index (χ3v) is 2.77. The van der Waals surface area contributed by atoms with Crippen molar-refractivity contribution in [3.05, 3.63) is 0 Å². The molecule has 2 bridgehead atoms. The Kier molecular flexibility index (Phi) is 1.30. The van der Waals surface area contributed by atoms with Gasteiger partial charge in [0.05, 0.1) is 24.2 Å². The van der Waals surface area contributed by atoms with Gasteiger partial charge in [0, 0.05) is 0 Å². The van der Waals surface area contributed by atoms with Crippen LogP contribution >= 0.6 is 0 Å². The van der Waals surface area contributed by atoms with Crippen LogP contribution in [0.4, 0.5) is 8.78 Å². The van der Waals surface area contributed by atoms with Crippen LogP contribution in [0.1, 0.15) is 12.8 Å². The van der Waals surface area contributed by atoms with Crippen molar-refractivity contribution in [3.63, 3.8) is 0 Å². The molecule has 2 heterocycles. The minimum atomic E-state index is -2.30. The summed E-state index contributed by atoms with van der Waals surface area (Å²) >= 11 is 0. The highest BCUT2D eigenvalue weighted by atomic mass is 19.3. The third-order valence-electron chi connectivity index (χ3n) is 2.77. The maximum absolute atomic E-state index is 12.3. The van der Waals surface area contributed by atoms with Gasteiger partial charge in [0.25, 0.3) is 0 Å². The molecule has 0 amide bonds. The first-order valence-electron chi connectivity index (χ1n) is 3.66. The van der Waals surface area contributed by atoms with Crippen LogP contribution < -0.4 is 0 Å². The van der Waals surface area contributed by atoms with Crippen molar-refractivity contribution in [2.24, 2.45) is 5.41 Å². The van der Waals surface area contributed by atoms with Crippen LogP contribution in [0.3, 0.4) is 0 Å². The number of hydrogen-bond donors (Lipinski definition) is 1. The molecule has 0 radical (unpaired) electrons. The van der Waals surface area contributed by atoms with Gasteiger partial charge in [-0.2, -0.15) is 0 Å². The largest absolute Gasteiger partial charge is 0.393 e. The molecule has 3 fully saturated rings. The number of halogens is 2.